The number of aromatic nitrogens is 1. The van der Waals surface area contributed by atoms with Crippen molar-refractivity contribution in [1.82, 2.24) is 3.59 Å². The van der Waals surface area contributed by atoms with Crippen molar-refractivity contribution in [3.8, 4) is 11.5 Å². The summed E-state index contributed by atoms with van der Waals surface area (Å²) >= 11 is 9.17. The first-order valence-corrected chi connectivity index (χ1v) is 8.69. The van der Waals surface area contributed by atoms with Gasteiger partial charge in [-0.15, -0.1) is 13.2 Å². The van der Waals surface area contributed by atoms with E-state index in [0.717, 1.165) is 0 Å². The van der Waals surface area contributed by atoms with Crippen LogP contribution in [0.3, 0.4) is 0 Å². The van der Waals surface area contributed by atoms with Crippen molar-refractivity contribution in [2.75, 3.05) is 7.11 Å². The summed E-state index contributed by atoms with van der Waals surface area (Å²) in [7, 11) is 1.46. The number of nitrogens with zero attached hydrogens (tertiary/aromatic N) is 1. The molecule has 1 aromatic heterocycles. The standard InChI is InChI=1S/C18H12BrClF3NO3/c1-26-17-7-11(20)3-2-10(17)6-16(25)14-9-24(19)15-5-4-12(8-13(14)15)27-18(21,22)23/h2-5,7-9H,6H2,1H3. The fourth-order valence-electron chi connectivity index (χ4n) is 2.72. The summed E-state index contributed by atoms with van der Waals surface area (Å²) in [5, 5.41) is 0.806. The van der Waals surface area contributed by atoms with Gasteiger partial charge >= 0.3 is 6.36 Å². The van der Waals surface area contributed by atoms with Crippen molar-refractivity contribution < 1.29 is 27.4 Å². The molecule has 0 amide bonds. The number of alkyl halides is 3. The molecule has 0 saturated heterocycles. The highest BCUT2D eigenvalue weighted by atomic mass is 79.9. The van der Waals surface area contributed by atoms with Crippen LogP contribution in [-0.2, 0) is 6.42 Å². The minimum Gasteiger partial charge on any atom is -0.496 e. The van der Waals surface area contributed by atoms with Crippen LogP contribution in [0.5, 0.6) is 11.5 Å². The summed E-state index contributed by atoms with van der Waals surface area (Å²) in [6.45, 7) is 0. The van der Waals surface area contributed by atoms with Gasteiger partial charge in [-0.05, 0) is 30.3 Å². The van der Waals surface area contributed by atoms with Gasteiger partial charge in [0.15, 0.2) is 5.78 Å². The number of ketones is 1. The maximum atomic E-state index is 12.8. The van der Waals surface area contributed by atoms with Crippen LogP contribution < -0.4 is 9.47 Å². The lowest BCUT2D eigenvalue weighted by molar-refractivity contribution is -0.274. The molecule has 27 heavy (non-hydrogen) atoms. The monoisotopic (exact) mass is 461 g/mol. The van der Waals surface area contributed by atoms with Gasteiger partial charge in [-0.1, -0.05) is 17.7 Å². The fraction of sp³-hybridized carbons (Fsp3) is 0.167. The van der Waals surface area contributed by atoms with Crippen LogP contribution in [-0.4, -0.2) is 22.8 Å². The number of rotatable bonds is 5. The SMILES string of the molecule is COc1cc(Cl)ccc1CC(=O)c1cn(Br)c2ccc(OC(F)(F)F)cc12. The van der Waals surface area contributed by atoms with Crippen molar-refractivity contribution in [1.29, 1.82) is 0 Å². The van der Waals surface area contributed by atoms with Gasteiger partial charge in [0, 0.05) is 34.2 Å². The highest BCUT2D eigenvalue weighted by Gasteiger charge is 2.31. The minimum absolute atomic E-state index is 0.00316. The second-order valence-electron chi connectivity index (χ2n) is 5.64. The molecule has 0 saturated carbocycles. The molecule has 0 fully saturated rings. The van der Waals surface area contributed by atoms with E-state index in [1.54, 1.807) is 18.2 Å². The topological polar surface area (TPSA) is 40.5 Å². The number of Topliss-reactive ketones (excluding diaryl/α,β-unsaturated/α-hetero) is 1. The van der Waals surface area contributed by atoms with E-state index in [-0.39, 0.29) is 17.8 Å². The molecule has 0 spiro atoms. The summed E-state index contributed by atoms with van der Waals surface area (Å²) in [5.74, 6) is -0.227. The van der Waals surface area contributed by atoms with Crippen molar-refractivity contribution in [3.05, 3.63) is 58.7 Å². The first-order valence-electron chi connectivity index (χ1n) is 7.60. The summed E-state index contributed by atoms with van der Waals surface area (Å²) in [6.07, 6.45) is -3.31. The van der Waals surface area contributed by atoms with Gasteiger partial charge < -0.3 is 9.47 Å². The number of hydrogen-bond acceptors (Lipinski definition) is 3. The van der Waals surface area contributed by atoms with Crippen LogP contribution in [0.4, 0.5) is 13.2 Å². The maximum Gasteiger partial charge on any atom is 0.573 e. The molecule has 142 valence electrons. The summed E-state index contributed by atoms with van der Waals surface area (Å²) in [6, 6.07) is 8.70. The Morgan fingerprint density at radius 1 is 1.22 bits per heavy atom. The van der Waals surface area contributed by atoms with Gasteiger partial charge in [-0.3, -0.25) is 8.39 Å². The molecule has 0 unspecified atom stereocenters. The molecule has 0 N–H and O–H groups in total. The Kier molecular flexibility index (Phi) is 5.39. The molecule has 3 rings (SSSR count). The van der Waals surface area contributed by atoms with Crippen LogP contribution in [0, 0.1) is 0 Å². The smallest absolute Gasteiger partial charge is 0.496 e. The number of halogens is 5. The van der Waals surface area contributed by atoms with E-state index in [2.05, 4.69) is 20.9 Å². The van der Waals surface area contributed by atoms with E-state index in [0.29, 0.717) is 27.2 Å². The molecule has 0 atom stereocenters. The summed E-state index contributed by atoms with van der Waals surface area (Å²) in [5.41, 5.74) is 1.41. The van der Waals surface area contributed by atoms with E-state index >= 15 is 0 Å². The van der Waals surface area contributed by atoms with Crippen molar-refractivity contribution >= 4 is 44.4 Å². The number of benzene rings is 2. The van der Waals surface area contributed by atoms with E-state index in [1.807, 2.05) is 0 Å². The predicted octanol–water partition coefficient (Wildman–Crippen LogP) is 5.79. The Hall–Kier alpha value is -2.19. The Morgan fingerprint density at radius 3 is 2.63 bits per heavy atom. The Morgan fingerprint density at radius 2 is 1.96 bits per heavy atom. The van der Waals surface area contributed by atoms with E-state index in [9.17, 15) is 18.0 Å². The van der Waals surface area contributed by atoms with Gasteiger partial charge in [-0.25, -0.2) is 0 Å². The van der Waals surface area contributed by atoms with Crippen LogP contribution in [0.1, 0.15) is 15.9 Å². The zero-order valence-electron chi connectivity index (χ0n) is 13.8. The molecule has 0 radical (unpaired) electrons. The molecule has 3 aromatic rings. The van der Waals surface area contributed by atoms with Gasteiger partial charge in [0.2, 0.25) is 0 Å². The number of carbonyl (C=O) groups is 1. The van der Waals surface area contributed by atoms with Crippen molar-refractivity contribution in [2.24, 2.45) is 0 Å². The van der Waals surface area contributed by atoms with Gasteiger partial charge in [0.25, 0.3) is 0 Å². The number of ether oxygens (including phenoxy) is 2. The minimum atomic E-state index is -4.81. The second-order valence-corrected chi connectivity index (χ2v) is 6.84. The Labute approximate surface area is 165 Å². The number of hydrogen-bond donors (Lipinski definition) is 0. The molecular weight excluding hydrogens is 451 g/mol. The van der Waals surface area contributed by atoms with E-state index in [4.69, 9.17) is 16.3 Å². The highest BCUT2D eigenvalue weighted by molar-refractivity contribution is 9.08. The lowest BCUT2D eigenvalue weighted by Crippen LogP contribution is -2.17. The lowest BCUT2D eigenvalue weighted by Gasteiger charge is -2.09. The van der Waals surface area contributed by atoms with Crippen LogP contribution in [0.15, 0.2) is 42.6 Å². The number of carbonyl (C=O) groups excluding carboxylic acids is 1. The maximum absolute atomic E-state index is 12.8. The summed E-state index contributed by atoms with van der Waals surface area (Å²) < 4.78 is 48.1. The lowest BCUT2D eigenvalue weighted by atomic mass is 10.0. The van der Waals surface area contributed by atoms with Gasteiger partial charge in [0.1, 0.15) is 11.5 Å². The average molecular weight is 463 g/mol. The molecular formula is C18H12BrClF3NO3. The zero-order chi connectivity index (χ0) is 19.8. The third-order valence-electron chi connectivity index (χ3n) is 3.86. The highest BCUT2D eigenvalue weighted by Crippen LogP contribution is 2.32. The van der Waals surface area contributed by atoms with Crippen LogP contribution >= 0.6 is 27.7 Å². The largest absolute Gasteiger partial charge is 0.573 e. The third-order valence-corrected chi connectivity index (χ3v) is 4.69. The van der Waals surface area contributed by atoms with E-state index < -0.39 is 12.1 Å². The fourth-order valence-corrected chi connectivity index (χ4v) is 3.40. The zero-order valence-corrected chi connectivity index (χ0v) is 16.2. The first-order chi connectivity index (χ1) is 12.7. The Bertz CT molecular complexity index is 1020. The molecule has 9 heteroatoms. The van der Waals surface area contributed by atoms with Crippen molar-refractivity contribution in [3.63, 3.8) is 0 Å². The van der Waals surface area contributed by atoms with Gasteiger partial charge in [0.05, 0.1) is 28.8 Å². The van der Waals surface area contributed by atoms with E-state index in [1.165, 1.54) is 35.1 Å². The molecule has 0 bridgehead atoms. The third kappa shape index (κ3) is 4.39. The normalized spacial score (nSPS) is 11.6. The molecule has 0 aliphatic heterocycles. The number of fused-ring (bicyclic) bond motifs is 1. The van der Waals surface area contributed by atoms with Crippen molar-refractivity contribution in [2.45, 2.75) is 12.8 Å². The molecule has 1 heterocycles. The molecule has 4 nitrogen and oxygen atoms in total. The number of methoxy groups -OCH3 is 1. The predicted molar refractivity (Wildman–Crippen MR) is 99.0 cm³/mol. The molecule has 2 aromatic carbocycles. The first kappa shape index (κ1) is 19.6. The average Bonchev–Trinajstić information content (AvgIpc) is 2.91. The summed E-state index contributed by atoms with van der Waals surface area (Å²) in [4.78, 5) is 12.8. The quantitative estimate of drug-likeness (QED) is 0.451. The second kappa shape index (κ2) is 7.44. The van der Waals surface area contributed by atoms with Crippen LogP contribution in [0.25, 0.3) is 10.9 Å². The molecule has 0 aliphatic carbocycles. The van der Waals surface area contributed by atoms with Crippen LogP contribution in [0.2, 0.25) is 5.02 Å². The van der Waals surface area contributed by atoms with Gasteiger partial charge in [-0.2, -0.15) is 0 Å². The molecule has 0 aliphatic rings. The Balaban J connectivity index is 1.98.